The van der Waals surface area contributed by atoms with Crippen LogP contribution < -0.4 is 9.47 Å². The molecule has 1 unspecified atom stereocenters. The van der Waals surface area contributed by atoms with Crippen LogP contribution in [0.2, 0.25) is 0 Å². The van der Waals surface area contributed by atoms with E-state index in [0.717, 1.165) is 16.7 Å². The predicted molar refractivity (Wildman–Crippen MR) is 134 cm³/mol. The van der Waals surface area contributed by atoms with Gasteiger partial charge in [-0.05, 0) is 44.5 Å². The van der Waals surface area contributed by atoms with Gasteiger partial charge in [-0.3, -0.25) is 9.59 Å². The maximum atomic E-state index is 13.3. The molecule has 0 saturated carbocycles. The number of para-hydroxylation sites is 1. The largest absolute Gasteiger partial charge is 0.507 e. The van der Waals surface area contributed by atoms with E-state index < -0.39 is 17.7 Å². The van der Waals surface area contributed by atoms with Crippen LogP contribution in [0.4, 0.5) is 0 Å². The van der Waals surface area contributed by atoms with Crippen LogP contribution in [0.3, 0.4) is 0 Å². The second kappa shape index (κ2) is 10.1. The normalized spacial score (nSPS) is 17.2. The number of ether oxygens (including phenoxy) is 2. The van der Waals surface area contributed by atoms with Gasteiger partial charge in [0.2, 0.25) is 0 Å². The van der Waals surface area contributed by atoms with Crippen molar-refractivity contribution >= 4 is 17.4 Å². The van der Waals surface area contributed by atoms with Crippen molar-refractivity contribution in [2.75, 3.05) is 7.11 Å². The number of benzene rings is 3. The number of aliphatic hydroxyl groups excluding tert-OH is 1. The Kier molecular flexibility index (Phi) is 6.92. The Labute approximate surface area is 205 Å². The monoisotopic (exact) mass is 471 g/mol. The first-order valence-corrected chi connectivity index (χ1v) is 11.5. The number of hydrogen-bond acceptors (Lipinski definition) is 5. The molecule has 1 aliphatic rings. The maximum Gasteiger partial charge on any atom is 0.295 e. The molecule has 4 rings (SSSR count). The number of amides is 1. The summed E-state index contributed by atoms with van der Waals surface area (Å²) in [7, 11) is 1.57. The number of hydrogen-bond donors (Lipinski definition) is 1. The fourth-order valence-corrected chi connectivity index (χ4v) is 4.39. The Balaban J connectivity index is 1.86. The van der Waals surface area contributed by atoms with E-state index in [9.17, 15) is 14.7 Å². The molecule has 0 aliphatic carbocycles. The molecule has 6 heteroatoms. The zero-order chi connectivity index (χ0) is 25.1. The number of rotatable bonds is 7. The van der Waals surface area contributed by atoms with E-state index in [1.54, 1.807) is 31.4 Å². The molecular formula is C29H29NO5. The van der Waals surface area contributed by atoms with Gasteiger partial charge in [-0.1, -0.05) is 60.2 Å². The first-order valence-electron chi connectivity index (χ1n) is 11.5. The second-order valence-electron chi connectivity index (χ2n) is 8.85. The lowest BCUT2D eigenvalue weighted by Crippen LogP contribution is -2.29. The minimum atomic E-state index is -0.755. The Morgan fingerprint density at radius 2 is 1.74 bits per heavy atom. The molecule has 1 saturated heterocycles. The third-order valence-corrected chi connectivity index (χ3v) is 5.91. The summed E-state index contributed by atoms with van der Waals surface area (Å²) in [5.41, 5.74) is 2.96. The lowest BCUT2D eigenvalue weighted by molar-refractivity contribution is -0.140. The van der Waals surface area contributed by atoms with Crippen LogP contribution in [0.1, 0.15) is 42.1 Å². The van der Waals surface area contributed by atoms with Gasteiger partial charge in [0.15, 0.2) is 0 Å². The maximum absolute atomic E-state index is 13.3. The number of nitrogens with zero attached hydrogens (tertiary/aromatic N) is 1. The van der Waals surface area contributed by atoms with Gasteiger partial charge in [0.1, 0.15) is 17.3 Å². The fourth-order valence-electron chi connectivity index (χ4n) is 4.39. The number of carbonyl (C=O) groups excluding carboxylic acids is 2. The van der Waals surface area contributed by atoms with Crippen LogP contribution in [-0.4, -0.2) is 34.9 Å². The van der Waals surface area contributed by atoms with Gasteiger partial charge in [-0.2, -0.15) is 0 Å². The van der Waals surface area contributed by atoms with Crippen molar-refractivity contribution in [2.45, 2.75) is 39.5 Å². The SMILES string of the molecule is COc1ccccc1CN1C(=O)C(=O)/C(=C(\O)c2cccc(OC(C)C)c2)C1c1cccc(C)c1. The van der Waals surface area contributed by atoms with Crippen LogP contribution >= 0.6 is 0 Å². The van der Waals surface area contributed by atoms with E-state index in [1.807, 2.05) is 69.3 Å². The lowest BCUT2D eigenvalue weighted by atomic mass is 9.94. The van der Waals surface area contributed by atoms with Gasteiger partial charge in [-0.25, -0.2) is 0 Å². The quantitative estimate of drug-likeness (QED) is 0.283. The zero-order valence-corrected chi connectivity index (χ0v) is 20.3. The molecule has 180 valence electrons. The molecule has 1 heterocycles. The molecule has 0 aromatic heterocycles. The van der Waals surface area contributed by atoms with Crippen molar-refractivity contribution in [3.05, 3.63) is 101 Å². The molecule has 1 atom stereocenters. The lowest BCUT2D eigenvalue weighted by Gasteiger charge is -2.26. The summed E-state index contributed by atoms with van der Waals surface area (Å²) in [5, 5.41) is 11.4. The van der Waals surface area contributed by atoms with Crippen molar-refractivity contribution in [3.63, 3.8) is 0 Å². The number of aliphatic hydroxyl groups is 1. The summed E-state index contributed by atoms with van der Waals surface area (Å²) in [5.74, 6) is -0.431. The minimum Gasteiger partial charge on any atom is -0.507 e. The van der Waals surface area contributed by atoms with Gasteiger partial charge < -0.3 is 19.5 Å². The molecule has 3 aromatic carbocycles. The molecule has 1 aliphatic heterocycles. The van der Waals surface area contributed by atoms with E-state index >= 15 is 0 Å². The number of ketones is 1. The Morgan fingerprint density at radius 1 is 1.00 bits per heavy atom. The van der Waals surface area contributed by atoms with Crippen molar-refractivity contribution in [1.29, 1.82) is 0 Å². The van der Waals surface area contributed by atoms with Crippen LogP contribution in [0.25, 0.3) is 5.76 Å². The molecule has 0 radical (unpaired) electrons. The van der Waals surface area contributed by atoms with E-state index in [2.05, 4.69) is 0 Å². The summed E-state index contributed by atoms with van der Waals surface area (Å²) >= 11 is 0. The van der Waals surface area contributed by atoms with Crippen LogP contribution in [-0.2, 0) is 16.1 Å². The van der Waals surface area contributed by atoms with Crippen molar-refractivity contribution < 1.29 is 24.2 Å². The highest BCUT2D eigenvalue weighted by molar-refractivity contribution is 6.46. The van der Waals surface area contributed by atoms with Crippen LogP contribution in [0.15, 0.2) is 78.4 Å². The van der Waals surface area contributed by atoms with Crippen molar-refractivity contribution in [2.24, 2.45) is 0 Å². The number of aryl methyl sites for hydroxylation is 1. The van der Waals surface area contributed by atoms with E-state index in [4.69, 9.17) is 9.47 Å². The topological polar surface area (TPSA) is 76.1 Å². The highest BCUT2D eigenvalue weighted by Crippen LogP contribution is 2.41. The Bertz CT molecular complexity index is 1290. The second-order valence-corrected chi connectivity index (χ2v) is 8.85. The number of carbonyl (C=O) groups is 2. The zero-order valence-electron chi connectivity index (χ0n) is 20.3. The molecular weight excluding hydrogens is 442 g/mol. The Hall–Kier alpha value is -4.06. The van der Waals surface area contributed by atoms with E-state index in [-0.39, 0.29) is 24.0 Å². The first-order chi connectivity index (χ1) is 16.8. The molecule has 6 nitrogen and oxygen atoms in total. The van der Waals surface area contributed by atoms with Gasteiger partial charge in [-0.15, -0.1) is 0 Å². The fraction of sp³-hybridized carbons (Fsp3) is 0.241. The van der Waals surface area contributed by atoms with E-state index in [1.165, 1.54) is 4.90 Å². The van der Waals surface area contributed by atoms with Crippen LogP contribution in [0, 0.1) is 6.92 Å². The van der Waals surface area contributed by atoms with Gasteiger partial charge >= 0.3 is 0 Å². The minimum absolute atomic E-state index is 0.0499. The molecule has 3 aromatic rings. The number of likely N-dealkylation sites (tertiary alicyclic amines) is 1. The third-order valence-electron chi connectivity index (χ3n) is 5.91. The number of Topliss-reactive ketones (excluding diaryl/α,β-unsaturated/α-hetero) is 1. The predicted octanol–water partition coefficient (Wildman–Crippen LogP) is 5.41. The smallest absolute Gasteiger partial charge is 0.295 e. The molecule has 0 spiro atoms. The average Bonchev–Trinajstić information content (AvgIpc) is 3.08. The molecule has 0 bridgehead atoms. The molecule has 1 N–H and O–H groups in total. The Morgan fingerprint density at radius 3 is 2.46 bits per heavy atom. The first kappa shape index (κ1) is 24.1. The van der Waals surface area contributed by atoms with Gasteiger partial charge in [0.25, 0.3) is 11.7 Å². The highest BCUT2D eigenvalue weighted by atomic mass is 16.5. The molecule has 35 heavy (non-hydrogen) atoms. The summed E-state index contributed by atoms with van der Waals surface area (Å²) in [6, 6.07) is 21.2. The summed E-state index contributed by atoms with van der Waals surface area (Å²) in [4.78, 5) is 28.1. The van der Waals surface area contributed by atoms with Gasteiger partial charge in [0.05, 0.1) is 31.4 Å². The van der Waals surface area contributed by atoms with Gasteiger partial charge in [0, 0.05) is 11.1 Å². The van der Waals surface area contributed by atoms with Crippen molar-refractivity contribution in [3.8, 4) is 11.5 Å². The van der Waals surface area contributed by atoms with Crippen molar-refractivity contribution in [1.82, 2.24) is 4.90 Å². The summed E-state index contributed by atoms with van der Waals surface area (Å²) < 4.78 is 11.2. The molecule has 1 amide bonds. The third kappa shape index (κ3) is 4.92. The van der Waals surface area contributed by atoms with Crippen LogP contribution in [0.5, 0.6) is 11.5 Å². The number of methoxy groups -OCH3 is 1. The average molecular weight is 472 g/mol. The molecule has 1 fully saturated rings. The summed E-state index contributed by atoms with van der Waals surface area (Å²) in [6.45, 7) is 5.92. The standard InChI is InChI=1S/C29H29NO5/c1-18(2)35-23-13-8-12-21(16-23)27(31)25-26(20-11-7-9-19(3)15-20)30(29(33)28(25)32)17-22-10-5-6-14-24(22)34-4/h5-16,18,26,31H,17H2,1-4H3/b27-25-. The highest BCUT2D eigenvalue weighted by Gasteiger charge is 2.46. The van der Waals surface area contributed by atoms with E-state index in [0.29, 0.717) is 17.1 Å². The summed E-state index contributed by atoms with van der Waals surface area (Å²) in [6.07, 6.45) is -0.0499.